The Kier molecular flexibility index (Phi) is 11.6. The Hall–Kier alpha value is 1.74. The van der Waals surface area contributed by atoms with E-state index in [4.69, 9.17) is 8.25 Å². The largest absolute Gasteiger partial charge is 0 e. The molecule has 2 aliphatic carbocycles. The first-order chi connectivity index (χ1) is 5.93. The quantitative estimate of drug-likeness (QED) is 0.536. The van der Waals surface area contributed by atoms with Crippen molar-refractivity contribution in [3.05, 3.63) is 0 Å². The molecule has 0 aliphatic heterocycles. The summed E-state index contributed by atoms with van der Waals surface area (Å²) in [5.41, 5.74) is 0. The van der Waals surface area contributed by atoms with Crippen LogP contribution in [0.5, 0.6) is 0 Å². The molecule has 0 radical (unpaired) electrons. The Balaban J connectivity index is 0.000000215. The molecule has 3 heteroatoms. The van der Waals surface area contributed by atoms with Crippen molar-refractivity contribution in [3.63, 3.8) is 0 Å². The molecule has 13 heavy (non-hydrogen) atoms. The van der Waals surface area contributed by atoms with Gasteiger partial charge in [-0.25, -0.2) is 0 Å². The minimum atomic E-state index is -0.753. The van der Waals surface area contributed by atoms with E-state index in [1.54, 1.807) is 0 Å². The van der Waals surface area contributed by atoms with Crippen LogP contribution in [0.4, 0.5) is 0 Å². The third-order valence-electron chi connectivity index (χ3n) is 2.94. The van der Waals surface area contributed by atoms with Gasteiger partial charge in [0.15, 0.2) is 0 Å². The SMILES string of the molecule is C1CCCC1.[Cl][Hg][CH]1CCCC1.[Fe]. The third-order valence-corrected chi connectivity index (χ3v) is 11.6. The summed E-state index contributed by atoms with van der Waals surface area (Å²) in [5.74, 6) is 0. The van der Waals surface area contributed by atoms with Crippen molar-refractivity contribution in [1.29, 1.82) is 0 Å². The summed E-state index contributed by atoms with van der Waals surface area (Å²) < 4.78 is 1.08. The van der Waals surface area contributed by atoms with E-state index < -0.39 is 23.3 Å². The zero-order chi connectivity index (χ0) is 8.65. The van der Waals surface area contributed by atoms with E-state index in [0.29, 0.717) is 0 Å². The maximum atomic E-state index is 5.83. The van der Waals surface area contributed by atoms with Crippen molar-refractivity contribution < 1.29 is 40.4 Å². The average molecular weight is 431 g/mol. The van der Waals surface area contributed by atoms with E-state index in [2.05, 4.69) is 0 Å². The van der Waals surface area contributed by atoms with Gasteiger partial charge in [0.2, 0.25) is 0 Å². The average Bonchev–Trinajstić information content (AvgIpc) is 2.81. The van der Waals surface area contributed by atoms with E-state index in [1.807, 2.05) is 0 Å². The molecular weight excluding hydrogens is 412 g/mol. The second-order valence-corrected chi connectivity index (χ2v) is 12.5. The summed E-state index contributed by atoms with van der Waals surface area (Å²) in [6.45, 7) is 0. The van der Waals surface area contributed by atoms with Gasteiger partial charge < -0.3 is 0 Å². The standard InChI is InChI=1S/C5H10.C5H9.ClH.Fe.Hg/c2*1-2-4-5-3-1;;;/h1-5H2;1H,2-5H2;1H;;/q;;;;+1/p-1. The van der Waals surface area contributed by atoms with Gasteiger partial charge >= 0.3 is 60.7 Å². The Morgan fingerprint density at radius 1 is 0.769 bits per heavy atom. The zero-order valence-electron chi connectivity index (χ0n) is 8.38. The molecule has 0 saturated heterocycles. The summed E-state index contributed by atoms with van der Waals surface area (Å²) in [4.78, 5) is 0. The van der Waals surface area contributed by atoms with Crippen LogP contribution in [0, 0.1) is 0 Å². The van der Waals surface area contributed by atoms with Crippen molar-refractivity contribution in [2.45, 2.75) is 61.2 Å². The summed E-state index contributed by atoms with van der Waals surface area (Å²) in [6, 6.07) is 0. The predicted octanol–water partition coefficient (Wildman–Crippen LogP) is 4.53. The Bertz CT molecular complexity index is 93.5. The van der Waals surface area contributed by atoms with E-state index in [9.17, 15) is 0 Å². The molecule has 0 atom stereocenters. The Morgan fingerprint density at radius 2 is 1.15 bits per heavy atom. The maximum Gasteiger partial charge on any atom is 0 e. The molecule has 0 amide bonds. The third kappa shape index (κ3) is 7.65. The van der Waals surface area contributed by atoms with Crippen LogP contribution in [0.1, 0.15) is 57.8 Å². The van der Waals surface area contributed by atoms with Gasteiger partial charge in [-0.05, 0) is 0 Å². The van der Waals surface area contributed by atoms with Gasteiger partial charge in [0.05, 0.1) is 0 Å². The molecule has 2 fully saturated rings. The Labute approximate surface area is 109 Å². The van der Waals surface area contributed by atoms with Gasteiger partial charge in [0.1, 0.15) is 0 Å². The minimum absolute atomic E-state index is 0. The molecule has 2 saturated carbocycles. The fourth-order valence-corrected chi connectivity index (χ4v) is 8.20. The molecule has 2 rings (SSSR count). The summed E-state index contributed by atoms with van der Waals surface area (Å²) in [5, 5.41) is 0. The summed E-state index contributed by atoms with van der Waals surface area (Å²) >= 11 is -0.753. The zero-order valence-corrected chi connectivity index (χ0v) is 15.7. The first-order valence-electron chi connectivity index (χ1n) is 5.49. The molecule has 0 nitrogen and oxygen atoms in total. The summed E-state index contributed by atoms with van der Waals surface area (Å²) in [7, 11) is 5.83. The van der Waals surface area contributed by atoms with E-state index >= 15 is 0 Å². The van der Waals surface area contributed by atoms with Crippen molar-refractivity contribution in [3.8, 4) is 0 Å². The summed E-state index contributed by atoms with van der Waals surface area (Å²) in [6.07, 6.45) is 13.4. The molecule has 0 spiro atoms. The van der Waals surface area contributed by atoms with E-state index in [0.717, 1.165) is 3.43 Å². The van der Waals surface area contributed by atoms with Crippen LogP contribution in [0.2, 0.25) is 3.43 Å². The Morgan fingerprint density at radius 3 is 1.38 bits per heavy atom. The van der Waals surface area contributed by atoms with Gasteiger partial charge in [0.25, 0.3) is 0 Å². The second kappa shape index (κ2) is 10.3. The molecule has 0 unspecified atom stereocenters. The van der Waals surface area contributed by atoms with Gasteiger partial charge in [-0.1, -0.05) is 32.1 Å². The maximum absolute atomic E-state index is 5.83. The van der Waals surface area contributed by atoms with Crippen molar-refractivity contribution in [2.24, 2.45) is 0 Å². The molecule has 0 aromatic heterocycles. The van der Waals surface area contributed by atoms with Crippen LogP contribution < -0.4 is 0 Å². The van der Waals surface area contributed by atoms with E-state index in [1.165, 1.54) is 57.8 Å². The molecule has 0 aromatic rings. The topological polar surface area (TPSA) is 0 Å². The predicted molar refractivity (Wildman–Crippen MR) is 51.2 cm³/mol. The smallest absolute Gasteiger partial charge is 0 e. The first-order valence-corrected chi connectivity index (χ1v) is 15.4. The number of halogens is 1. The minimum Gasteiger partial charge on any atom is 0 e. The molecule has 0 aromatic carbocycles. The normalized spacial score (nSPS) is 21.3. The molecule has 76 valence electrons. The first kappa shape index (κ1) is 14.7. The molecule has 0 N–H and O–H groups in total. The van der Waals surface area contributed by atoms with Crippen LogP contribution in [0.3, 0.4) is 0 Å². The van der Waals surface area contributed by atoms with Crippen LogP contribution in [0.15, 0.2) is 0 Å². The van der Waals surface area contributed by atoms with Crippen molar-refractivity contribution in [1.82, 2.24) is 0 Å². The fraction of sp³-hybridized carbons (Fsp3) is 1.00. The van der Waals surface area contributed by atoms with Crippen LogP contribution in [-0.2, 0) is 40.4 Å². The van der Waals surface area contributed by atoms with E-state index in [-0.39, 0.29) is 17.1 Å². The van der Waals surface area contributed by atoms with Crippen molar-refractivity contribution >= 4 is 8.25 Å². The number of rotatable bonds is 1. The molecular formula is C10H19ClFeHg. The van der Waals surface area contributed by atoms with Crippen molar-refractivity contribution in [2.75, 3.05) is 0 Å². The van der Waals surface area contributed by atoms with Gasteiger partial charge in [-0.2, -0.15) is 0 Å². The van der Waals surface area contributed by atoms with Crippen LogP contribution in [0.25, 0.3) is 0 Å². The van der Waals surface area contributed by atoms with Gasteiger partial charge in [-0.3, -0.25) is 0 Å². The second-order valence-electron chi connectivity index (χ2n) is 4.07. The molecule has 0 bridgehead atoms. The monoisotopic (exact) mass is 432 g/mol. The van der Waals surface area contributed by atoms with Gasteiger partial charge in [-0.15, -0.1) is 0 Å². The van der Waals surface area contributed by atoms with Gasteiger partial charge in [0, 0.05) is 17.1 Å². The number of hydrogen-bond donors (Lipinski definition) is 0. The molecule has 0 heterocycles. The van der Waals surface area contributed by atoms with Crippen LogP contribution >= 0.6 is 8.25 Å². The molecule has 2 aliphatic rings. The number of hydrogen-bond acceptors (Lipinski definition) is 0. The van der Waals surface area contributed by atoms with Crippen LogP contribution in [-0.4, -0.2) is 0 Å². The fourth-order valence-electron chi connectivity index (χ4n) is 2.05.